The van der Waals surface area contributed by atoms with Crippen LogP contribution in [-0.2, 0) is 6.42 Å². The summed E-state index contributed by atoms with van der Waals surface area (Å²) in [5.74, 6) is 0.336. The average molecular weight is 732 g/mol. The molecule has 0 spiro atoms. The van der Waals surface area contributed by atoms with Crippen LogP contribution in [0.25, 0.3) is 33.5 Å². The van der Waals surface area contributed by atoms with Crippen LogP contribution in [0.1, 0.15) is 54.0 Å². The van der Waals surface area contributed by atoms with Gasteiger partial charge in [-0.1, -0.05) is 123 Å². The Labute approximate surface area is 332 Å². The lowest BCUT2D eigenvalue weighted by atomic mass is 9.87. The third-order valence-electron chi connectivity index (χ3n) is 10.7. The van der Waals surface area contributed by atoms with E-state index in [1.165, 1.54) is 16.7 Å². The quantitative estimate of drug-likeness (QED) is 0.0849. The van der Waals surface area contributed by atoms with Crippen molar-refractivity contribution in [2.75, 3.05) is 23.4 Å². The number of aliphatic imine (C=N–C) groups is 2. The minimum absolute atomic E-state index is 0.0882. The molecule has 7 rings (SSSR count). The summed E-state index contributed by atoms with van der Waals surface area (Å²) in [5, 5.41) is 11.7. The van der Waals surface area contributed by atoms with Crippen molar-refractivity contribution in [2.45, 2.75) is 39.5 Å². The molecule has 0 fully saturated rings. The van der Waals surface area contributed by atoms with E-state index in [9.17, 15) is 5.41 Å². The molecule has 0 aromatic heterocycles. The van der Waals surface area contributed by atoms with Crippen molar-refractivity contribution in [3.05, 3.63) is 193 Å². The molecular formula is C51H49N5. The molecule has 3 aliphatic rings. The molecule has 0 saturated heterocycles. The second-order valence-electron chi connectivity index (χ2n) is 14.4. The van der Waals surface area contributed by atoms with Crippen LogP contribution in [0.4, 0.5) is 11.4 Å². The number of anilines is 2. The molecule has 4 aromatic carbocycles. The molecule has 2 aliphatic carbocycles. The predicted molar refractivity (Wildman–Crippen MR) is 243 cm³/mol. The van der Waals surface area contributed by atoms with Gasteiger partial charge in [0.05, 0.1) is 22.8 Å². The van der Waals surface area contributed by atoms with Gasteiger partial charge in [-0.2, -0.15) is 0 Å². The molecule has 278 valence electrons. The number of likely N-dealkylation sites (N-methyl/N-ethyl adjacent to an activating group) is 1. The maximum atomic E-state index is 9.44. The number of nitrogens with zero attached hydrogens (tertiary/aromatic N) is 4. The second-order valence-corrected chi connectivity index (χ2v) is 14.4. The highest BCUT2D eigenvalue weighted by Crippen LogP contribution is 2.41. The zero-order valence-corrected chi connectivity index (χ0v) is 32.8. The number of allylic oxidation sites excluding steroid dienone is 13. The fourth-order valence-corrected chi connectivity index (χ4v) is 7.82. The van der Waals surface area contributed by atoms with Gasteiger partial charge in [0.25, 0.3) is 0 Å². The molecule has 0 amide bonds. The second kappa shape index (κ2) is 16.8. The van der Waals surface area contributed by atoms with Crippen LogP contribution in [0.15, 0.2) is 175 Å². The molecule has 5 heteroatoms. The van der Waals surface area contributed by atoms with Crippen molar-refractivity contribution in [2.24, 2.45) is 9.98 Å². The number of aryl methyl sites for hydroxylation is 1. The van der Waals surface area contributed by atoms with Crippen LogP contribution >= 0.6 is 0 Å². The lowest BCUT2D eigenvalue weighted by Gasteiger charge is -2.27. The topological polar surface area (TPSA) is 55.0 Å². The van der Waals surface area contributed by atoms with Crippen LogP contribution in [0.5, 0.6) is 0 Å². The van der Waals surface area contributed by atoms with E-state index in [2.05, 4.69) is 124 Å². The van der Waals surface area contributed by atoms with E-state index in [1.807, 2.05) is 78.8 Å². The Balaban J connectivity index is 1.25. The van der Waals surface area contributed by atoms with Gasteiger partial charge in [0.15, 0.2) is 0 Å². The Morgan fingerprint density at radius 3 is 2.52 bits per heavy atom. The highest BCUT2D eigenvalue weighted by atomic mass is 15.2. The van der Waals surface area contributed by atoms with E-state index >= 15 is 0 Å². The SMILES string of the molecule is C=C/C(=C\C=C/C)N(C)c1c(C)cc(-c2ccc3c(c2)N(C(=N)/N=C2/C=CC=CC2=NCC(C)c2cccc4c2CCC=C4)/C=C\C=C/C3=C)c2ccccc12. The van der Waals surface area contributed by atoms with Crippen molar-refractivity contribution in [3.63, 3.8) is 0 Å². The monoisotopic (exact) mass is 731 g/mol. The number of benzene rings is 4. The van der Waals surface area contributed by atoms with Crippen molar-refractivity contribution in [1.82, 2.24) is 0 Å². The lowest BCUT2D eigenvalue weighted by molar-refractivity contribution is 0.758. The van der Waals surface area contributed by atoms with E-state index in [0.717, 1.165) is 74.2 Å². The Hall–Kier alpha value is -6.59. The van der Waals surface area contributed by atoms with Gasteiger partial charge in [0, 0.05) is 42.4 Å². The summed E-state index contributed by atoms with van der Waals surface area (Å²) in [5.41, 5.74) is 13.6. The summed E-state index contributed by atoms with van der Waals surface area (Å²) >= 11 is 0. The molecule has 1 atom stereocenters. The molecule has 0 bridgehead atoms. The minimum Gasteiger partial charge on any atom is -0.344 e. The summed E-state index contributed by atoms with van der Waals surface area (Å²) in [6, 6.07) is 23.8. The first kappa shape index (κ1) is 37.7. The fourth-order valence-electron chi connectivity index (χ4n) is 7.82. The van der Waals surface area contributed by atoms with Gasteiger partial charge < -0.3 is 4.90 Å². The first-order valence-electron chi connectivity index (χ1n) is 19.3. The largest absolute Gasteiger partial charge is 0.344 e. The molecule has 4 aromatic rings. The summed E-state index contributed by atoms with van der Waals surface area (Å²) in [4.78, 5) is 14.0. The molecule has 1 heterocycles. The van der Waals surface area contributed by atoms with Gasteiger partial charge in [-0.15, -0.1) is 0 Å². The van der Waals surface area contributed by atoms with Gasteiger partial charge in [-0.3, -0.25) is 15.3 Å². The van der Waals surface area contributed by atoms with Gasteiger partial charge in [0.1, 0.15) is 0 Å². The Morgan fingerprint density at radius 2 is 1.71 bits per heavy atom. The van der Waals surface area contributed by atoms with E-state index in [-0.39, 0.29) is 11.9 Å². The van der Waals surface area contributed by atoms with Gasteiger partial charge in [-0.05, 0) is 114 Å². The Morgan fingerprint density at radius 1 is 0.929 bits per heavy atom. The molecule has 0 saturated carbocycles. The number of fused-ring (bicyclic) bond motifs is 3. The predicted octanol–water partition coefficient (Wildman–Crippen LogP) is 12.5. The average Bonchev–Trinajstić information content (AvgIpc) is 3.22. The molecular weight excluding hydrogens is 683 g/mol. The molecule has 0 radical (unpaired) electrons. The molecule has 56 heavy (non-hydrogen) atoms. The molecule has 1 aliphatic heterocycles. The van der Waals surface area contributed by atoms with E-state index < -0.39 is 0 Å². The normalized spacial score (nSPS) is 18.2. The Bertz CT molecular complexity index is 2510. The summed E-state index contributed by atoms with van der Waals surface area (Å²) in [7, 11) is 2.09. The fraction of sp³-hybridized carbons (Fsp3) is 0.157. The van der Waals surface area contributed by atoms with E-state index in [4.69, 9.17) is 9.98 Å². The molecule has 1 N–H and O–H groups in total. The summed E-state index contributed by atoms with van der Waals surface area (Å²) < 4.78 is 0. The first-order valence-corrected chi connectivity index (χ1v) is 19.3. The van der Waals surface area contributed by atoms with Crippen LogP contribution in [-0.4, -0.2) is 31.0 Å². The number of rotatable bonds is 8. The zero-order valence-electron chi connectivity index (χ0n) is 32.8. The van der Waals surface area contributed by atoms with Crippen LogP contribution in [0.2, 0.25) is 0 Å². The van der Waals surface area contributed by atoms with Crippen molar-refractivity contribution in [3.8, 4) is 11.1 Å². The van der Waals surface area contributed by atoms with Gasteiger partial charge in [-0.25, -0.2) is 4.99 Å². The number of guanidine groups is 1. The first-order chi connectivity index (χ1) is 27.3. The number of nitrogens with one attached hydrogen (secondary N) is 1. The molecule has 1 unspecified atom stereocenters. The maximum Gasteiger partial charge on any atom is 0.227 e. The zero-order chi connectivity index (χ0) is 39.2. The third-order valence-corrected chi connectivity index (χ3v) is 10.7. The van der Waals surface area contributed by atoms with Crippen LogP contribution in [0, 0.1) is 12.3 Å². The lowest BCUT2D eigenvalue weighted by Crippen LogP contribution is -2.27. The Kier molecular flexibility index (Phi) is 11.3. The number of hydrogen-bond acceptors (Lipinski definition) is 3. The standard InChI is InChI=1S/C51H49N5/c1-7-9-22-40(8-2)55(6)50-36(4)32-46(44-24-12-13-25-45(44)50)39-29-30-42-35(3)19-16-17-31-56(49(42)33-39)51(52)54-48-28-15-14-27-47(48)53-34-37(5)41-26-18-21-38-20-10-11-23-43(38)41/h7-10,12-22,24-33,37,52H,2-3,11,23,34H2,1,4-6H3/b9-7-,19-16-,31-17-,40-22+,52-51?,53-47?,54-48-. The number of hydrogen-bond donors (Lipinski definition) is 1. The minimum atomic E-state index is 0.0882. The van der Waals surface area contributed by atoms with Crippen LogP contribution < -0.4 is 9.80 Å². The van der Waals surface area contributed by atoms with Crippen LogP contribution in [0.3, 0.4) is 0 Å². The highest BCUT2D eigenvalue weighted by molar-refractivity contribution is 6.52. The molecule has 5 nitrogen and oxygen atoms in total. The van der Waals surface area contributed by atoms with E-state index in [0.29, 0.717) is 12.3 Å². The smallest absolute Gasteiger partial charge is 0.227 e. The van der Waals surface area contributed by atoms with Crippen molar-refractivity contribution >= 4 is 51.2 Å². The third kappa shape index (κ3) is 7.67. The van der Waals surface area contributed by atoms with Crippen molar-refractivity contribution < 1.29 is 0 Å². The van der Waals surface area contributed by atoms with Crippen molar-refractivity contribution in [1.29, 1.82) is 5.41 Å². The van der Waals surface area contributed by atoms with Gasteiger partial charge in [0.2, 0.25) is 5.96 Å². The maximum absolute atomic E-state index is 9.44. The van der Waals surface area contributed by atoms with Gasteiger partial charge >= 0.3 is 0 Å². The summed E-state index contributed by atoms with van der Waals surface area (Å²) in [6.45, 7) is 15.5. The summed E-state index contributed by atoms with van der Waals surface area (Å²) in [6.07, 6.45) is 30.3. The van der Waals surface area contributed by atoms with E-state index in [1.54, 1.807) is 0 Å². The highest BCUT2D eigenvalue weighted by Gasteiger charge is 2.22.